The molecule has 1 aromatic heterocycles. The summed E-state index contributed by atoms with van der Waals surface area (Å²) in [4.78, 5) is 4.94. The fraction of sp³-hybridized carbons (Fsp3) is 0.480. The average molecular weight is 427 g/mol. The van der Waals surface area contributed by atoms with E-state index in [1.807, 2.05) is 24.3 Å². The third kappa shape index (κ3) is 4.98. The van der Waals surface area contributed by atoms with E-state index in [4.69, 9.17) is 21.3 Å². The minimum absolute atomic E-state index is 0.463. The second-order valence-electron chi connectivity index (χ2n) is 9.33. The summed E-state index contributed by atoms with van der Waals surface area (Å²) in [5, 5.41) is 0.718. The summed E-state index contributed by atoms with van der Waals surface area (Å²) in [6.45, 7) is 6.19. The summed E-state index contributed by atoms with van der Waals surface area (Å²) in [6.07, 6.45) is 5.18. The van der Waals surface area contributed by atoms with Crippen LogP contribution in [0, 0.1) is 12.8 Å². The van der Waals surface area contributed by atoms with Crippen molar-refractivity contribution in [2.75, 3.05) is 27.2 Å². The van der Waals surface area contributed by atoms with Crippen molar-refractivity contribution in [1.82, 2.24) is 9.55 Å². The molecule has 0 radical (unpaired) electrons. The number of fused-ring (bicyclic) bond motifs is 1. The number of quaternary nitrogens is 1. The molecular weight excluding hydrogens is 394 g/mol. The monoisotopic (exact) mass is 426 g/mol. The molecule has 30 heavy (non-hydrogen) atoms. The molecule has 5 heteroatoms. The van der Waals surface area contributed by atoms with E-state index in [1.54, 1.807) is 0 Å². The molecule has 1 aliphatic heterocycles. The highest BCUT2D eigenvalue weighted by Crippen LogP contribution is 2.26. The van der Waals surface area contributed by atoms with E-state index in [-0.39, 0.29) is 0 Å². The number of hydrogen-bond acceptors (Lipinski definition) is 2. The van der Waals surface area contributed by atoms with Crippen LogP contribution in [-0.4, -0.2) is 41.2 Å². The van der Waals surface area contributed by atoms with Gasteiger partial charge in [-0.3, -0.25) is 0 Å². The maximum Gasteiger partial charge on any atom is 0.148 e. The molecule has 0 saturated carbocycles. The second-order valence-corrected chi connectivity index (χ2v) is 9.77. The normalized spacial score (nSPS) is 16.8. The van der Waals surface area contributed by atoms with E-state index in [2.05, 4.69) is 43.8 Å². The minimum Gasteiger partial charge on any atom is -0.486 e. The Hall–Kier alpha value is -2.04. The second kappa shape index (κ2) is 8.99. The van der Waals surface area contributed by atoms with Crippen LogP contribution in [0.4, 0.5) is 0 Å². The van der Waals surface area contributed by atoms with Gasteiger partial charge in [0.1, 0.15) is 18.2 Å². The molecule has 1 fully saturated rings. The quantitative estimate of drug-likeness (QED) is 0.443. The van der Waals surface area contributed by atoms with Gasteiger partial charge >= 0.3 is 0 Å². The van der Waals surface area contributed by atoms with Crippen LogP contribution in [0.25, 0.3) is 11.0 Å². The Morgan fingerprint density at radius 2 is 1.83 bits per heavy atom. The lowest BCUT2D eigenvalue weighted by atomic mass is 9.91. The molecule has 1 saturated heterocycles. The third-order valence-electron chi connectivity index (χ3n) is 6.52. The molecule has 4 nitrogen and oxygen atoms in total. The number of hydrogen-bond donors (Lipinski definition) is 0. The predicted molar refractivity (Wildman–Crippen MR) is 124 cm³/mol. The van der Waals surface area contributed by atoms with Crippen molar-refractivity contribution in [2.45, 2.75) is 45.8 Å². The van der Waals surface area contributed by atoms with Crippen LogP contribution in [-0.2, 0) is 13.2 Å². The number of likely N-dealkylation sites (tertiary alicyclic amines) is 1. The number of benzene rings is 2. The van der Waals surface area contributed by atoms with E-state index in [1.165, 1.54) is 54.3 Å². The van der Waals surface area contributed by atoms with Gasteiger partial charge in [0.25, 0.3) is 0 Å². The zero-order valence-electron chi connectivity index (χ0n) is 18.4. The maximum atomic E-state index is 6.03. The first-order chi connectivity index (χ1) is 14.4. The van der Waals surface area contributed by atoms with Gasteiger partial charge in [0.2, 0.25) is 0 Å². The van der Waals surface area contributed by atoms with Crippen molar-refractivity contribution >= 4 is 22.6 Å². The number of imidazole rings is 1. The van der Waals surface area contributed by atoms with Crippen LogP contribution in [0.1, 0.15) is 37.1 Å². The summed E-state index contributed by atoms with van der Waals surface area (Å²) >= 11 is 5.99. The number of aromatic nitrogens is 2. The standard InChI is InChI=1S/C25H33ClN3O/c1-19-6-4-8-23-25(19)27-24(18-30-22-11-9-21(26)10-12-22)28(23)15-5-7-20-13-16-29(2,3)17-14-20/h4,6,8-12,20H,5,7,13-18H2,1-3H3/q+1. The summed E-state index contributed by atoms with van der Waals surface area (Å²) < 4.78 is 9.57. The SMILES string of the molecule is Cc1cccc2c1nc(COc1ccc(Cl)cc1)n2CCCC1CC[N+](C)(C)CC1. The van der Waals surface area contributed by atoms with Crippen molar-refractivity contribution in [1.29, 1.82) is 0 Å². The van der Waals surface area contributed by atoms with Crippen molar-refractivity contribution in [3.8, 4) is 5.75 Å². The molecule has 0 aliphatic carbocycles. The van der Waals surface area contributed by atoms with Crippen LogP contribution < -0.4 is 4.74 Å². The molecule has 0 unspecified atom stereocenters. The highest BCUT2D eigenvalue weighted by atomic mass is 35.5. The van der Waals surface area contributed by atoms with Crippen molar-refractivity contribution in [2.24, 2.45) is 5.92 Å². The molecule has 2 heterocycles. The first-order valence-corrected chi connectivity index (χ1v) is 11.4. The van der Waals surface area contributed by atoms with E-state index in [9.17, 15) is 0 Å². The molecule has 0 N–H and O–H groups in total. The molecule has 0 amide bonds. The molecule has 0 atom stereocenters. The van der Waals surface area contributed by atoms with Crippen LogP contribution >= 0.6 is 11.6 Å². The van der Waals surface area contributed by atoms with Gasteiger partial charge in [-0.05, 0) is 74.4 Å². The number of halogens is 1. The number of nitrogens with zero attached hydrogens (tertiary/aromatic N) is 3. The van der Waals surface area contributed by atoms with Crippen LogP contribution in [0.5, 0.6) is 5.75 Å². The maximum absolute atomic E-state index is 6.03. The van der Waals surface area contributed by atoms with Crippen LogP contribution in [0.3, 0.4) is 0 Å². The Bertz CT molecular complexity index is 984. The molecule has 0 bridgehead atoms. The molecule has 2 aromatic carbocycles. The Morgan fingerprint density at radius 1 is 1.10 bits per heavy atom. The average Bonchev–Trinajstić information content (AvgIpc) is 3.08. The summed E-state index contributed by atoms with van der Waals surface area (Å²) in [5.74, 6) is 2.68. The first-order valence-electron chi connectivity index (χ1n) is 11.1. The summed E-state index contributed by atoms with van der Waals surface area (Å²) in [7, 11) is 4.70. The minimum atomic E-state index is 0.463. The fourth-order valence-electron chi connectivity index (χ4n) is 4.52. The van der Waals surface area contributed by atoms with Gasteiger partial charge in [-0.2, -0.15) is 0 Å². The van der Waals surface area contributed by atoms with Gasteiger partial charge in [0, 0.05) is 11.6 Å². The van der Waals surface area contributed by atoms with Crippen LogP contribution in [0.2, 0.25) is 5.02 Å². The zero-order chi connectivity index (χ0) is 21.1. The van der Waals surface area contributed by atoms with Gasteiger partial charge in [0.15, 0.2) is 0 Å². The van der Waals surface area contributed by atoms with Gasteiger partial charge in [0.05, 0.1) is 38.2 Å². The highest BCUT2D eigenvalue weighted by molar-refractivity contribution is 6.30. The van der Waals surface area contributed by atoms with E-state index >= 15 is 0 Å². The molecular formula is C25H33ClN3O+. The van der Waals surface area contributed by atoms with Crippen molar-refractivity contribution < 1.29 is 9.22 Å². The smallest absolute Gasteiger partial charge is 0.148 e. The molecule has 160 valence electrons. The van der Waals surface area contributed by atoms with Crippen molar-refractivity contribution in [3.63, 3.8) is 0 Å². The number of rotatable bonds is 7. The summed E-state index contributed by atoms with van der Waals surface area (Å²) in [6, 6.07) is 14.0. The largest absolute Gasteiger partial charge is 0.486 e. The predicted octanol–water partition coefficient (Wildman–Crippen LogP) is 5.84. The fourth-order valence-corrected chi connectivity index (χ4v) is 4.65. The highest BCUT2D eigenvalue weighted by Gasteiger charge is 2.25. The number of piperidine rings is 1. The Balaban J connectivity index is 1.45. The first kappa shape index (κ1) is 21.2. The molecule has 4 rings (SSSR count). The number of para-hydroxylation sites is 1. The third-order valence-corrected chi connectivity index (χ3v) is 6.77. The van der Waals surface area contributed by atoms with Gasteiger partial charge in [-0.25, -0.2) is 4.98 Å². The van der Waals surface area contributed by atoms with Crippen LogP contribution in [0.15, 0.2) is 42.5 Å². The van der Waals surface area contributed by atoms with Gasteiger partial charge in [-0.1, -0.05) is 23.7 Å². The molecule has 0 spiro atoms. The molecule has 3 aromatic rings. The lowest BCUT2D eigenvalue weighted by Gasteiger charge is -2.37. The Morgan fingerprint density at radius 3 is 2.57 bits per heavy atom. The summed E-state index contributed by atoms with van der Waals surface area (Å²) in [5.41, 5.74) is 3.52. The molecule has 1 aliphatic rings. The van der Waals surface area contributed by atoms with E-state index in [0.29, 0.717) is 6.61 Å². The lowest BCUT2D eigenvalue weighted by molar-refractivity contribution is -0.896. The Kier molecular flexibility index (Phi) is 6.35. The van der Waals surface area contributed by atoms with Gasteiger partial charge < -0.3 is 13.8 Å². The number of ether oxygens (including phenoxy) is 1. The van der Waals surface area contributed by atoms with E-state index < -0.39 is 0 Å². The Labute approximate surface area is 185 Å². The zero-order valence-corrected chi connectivity index (χ0v) is 19.2. The number of aryl methyl sites for hydroxylation is 2. The van der Waals surface area contributed by atoms with Gasteiger partial charge in [-0.15, -0.1) is 0 Å². The topological polar surface area (TPSA) is 27.1 Å². The van der Waals surface area contributed by atoms with E-state index in [0.717, 1.165) is 34.6 Å². The lowest BCUT2D eigenvalue weighted by Crippen LogP contribution is -2.46. The van der Waals surface area contributed by atoms with Crippen molar-refractivity contribution in [3.05, 3.63) is 58.9 Å².